The number of halogens is 2. The van der Waals surface area contributed by atoms with Crippen LogP contribution in [0.1, 0.15) is 30.6 Å². The first-order valence-electron chi connectivity index (χ1n) is 6.14. The minimum atomic E-state index is -0.00780. The number of carbonyl (C=O) groups excluding carboxylic acids is 2. The molecule has 1 unspecified atom stereocenters. The van der Waals surface area contributed by atoms with E-state index in [1.165, 1.54) is 11.3 Å². The second-order valence-electron chi connectivity index (χ2n) is 5.14. The molecule has 104 valence electrons. The van der Waals surface area contributed by atoms with E-state index in [4.69, 9.17) is 0 Å². The van der Waals surface area contributed by atoms with E-state index < -0.39 is 0 Å². The summed E-state index contributed by atoms with van der Waals surface area (Å²) >= 11 is 8.21. The molecule has 1 fully saturated rings. The van der Waals surface area contributed by atoms with Gasteiger partial charge >= 0.3 is 0 Å². The molecule has 0 N–H and O–H groups in total. The maximum atomic E-state index is 12.2. The zero-order chi connectivity index (χ0) is 14.2. The molecule has 0 spiro atoms. The molecule has 1 aromatic heterocycles. The summed E-state index contributed by atoms with van der Waals surface area (Å²) in [5.41, 5.74) is 0.651. The van der Waals surface area contributed by atoms with E-state index in [2.05, 4.69) is 45.7 Å². The van der Waals surface area contributed by atoms with E-state index in [1.807, 2.05) is 0 Å². The van der Waals surface area contributed by atoms with Crippen molar-refractivity contribution in [3.63, 3.8) is 0 Å². The molecule has 2 heterocycles. The Morgan fingerprint density at radius 2 is 2.21 bits per heavy atom. The lowest BCUT2D eigenvalue weighted by molar-refractivity contribution is -0.127. The van der Waals surface area contributed by atoms with Crippen LogP contribution in [0.4, 0.5) is 0 Å². The minimum absolute atomic E-state index is 0.00780. The van der Waals surface area contributed by atoms with Crippen molar-refractivity contribution in [2.45, 2.75) is 20.3 Å². The number of ketones is 1. The third kappa shape index (κ3) is 3.47. The topological polar surface area (TPSA) is 37.4 Å². The van der Waals surface area contributed by atoms with Gasteiger partial charge in [0.1, 0.15) is 0 Å². The van der Waals surface area contributed by atoms with E-state index in [1.54, 1.807) is 11.0 Å². The van der Waals surface area contributed by atoms with E-state index >= 15 is 0 Å². The summed E-state index contributed by atoms with van der Waals surface area (Å²) in [6.45, 7) is 5.13. The van der Waals surface area contributed by atoms with Crippen molar-refractivity contribution >= 4 is 54.9 Å². The van der Waals surface area contributed by atoms with Crippen LogP contribution in [0, 0.1) is 11.8 Å². The average molecular weight is 409 g/mol. The van der Waals surface area contributed by atoms with Gasteiger partial charge in [0.2, 0.25) is 5.91 Å². The van der Waals surface area contributed by atoms with Crippen molar-refractivity contribution in [2.75, 3.05) is 13.1 Å². The fourth-order valence-electron chi connectivity index (χ4n) is 2.19. The number of carbonyl (C=O) groups is 2. The Morgan fingerprint density at radius 1 is 1.53 bits per heavy atom. The number of amides is 1. The molecule has 1 aliphatic heterocycles. The highest BCUT2D eigenvalue weighted by Crippen LogP contribution is 2.32. The zero-order valence-corrected chi connectivity index (χ0v) is 14.8. The first-order chi connectivity index (χ1) is 8.88. The van der Waals surface area contributed by atoms with Gasteiger partial charge in [-0.1, -0.05) is 13.8 Å². The van der Waals surface area contributed by atoms with Crippen molar-refractivity contribution in [1.29, 1.82) is 0 Å². The largest absolute Gasteiger partial charge is 0.335 e. The Morgan fingerprint density at radius 3 is 2.68 bits per heavy atom. The number of hydrogen-bond donors (Lipinski definition) is 0. The molecule has 1 aliphatic rings. The van der Waals surface area contributed by atoms with Gasteiger partial charge in [-0.25, -0.2) is 0 Å². The summed E-state index contributed by atoms with van der Waals surface area (Å²) in [6.07, 6.45) is 0.569. The summed E-state index contributed by atoms with van der Waals surface area (Å²) < 4.78 is 1.73. The molecule has 1 amide bonds. The second-order valence-corrected chi connectivity index (χ2v) is 8.89. The molecule has 1 saturated heterocycles. The van der Waals surface area contributed by atoms with Crippen LogP contribution in [-0.4, -0.2) is 29.7 Å². The summed E-state index contributed by atoms with van der Waals surface area (Å²) in [4.78, 5) is 25.8. The summed E-state index contributed by atoms with van der Waals surface area (Å²) in [6, 6.07) is 1.80. The van der Waals surface area contributed by atoms with Gasteiger partial charge in [-0.05, 0) is 49.8 Å². The van der Waals surface area contributed by atoms with Crippen molar-refractivity contribution in [3.05, 3.63) is 19.2 Å². The highest BCUT2D eigenvalue weighted by atomic mass is 79.9. The Labute approximate surface area is 133 Å². The minimum Gasteiger partial charge on any atom is -0.335 e. The van der Waals surface area contributed by atoms with E-state index in [0.29, 0.717) is 30.4 Å². The van der Waals surface area contributed by atoms with E-state index in [-0.39, 0.29) is 18.2 Å². The molecular formula is C13H15Br2NO2S. The fraction of sp³-hybridized carbons (Fsp3) is 0.538. The standard InChI is InChI=1S/C13H15Br2NO2S/c1-7(2)8-3-12(18)16(5-8)6-10(17)9-4-11(14)19-13(9)15/h4,7-8H,3,5-6H2,1-2H3. The number of hydrogen-bond acceptors (Lipinski definition) is 3. The van der Waals surface area contributed by atoms with Gasteiger partial charge in [0, 0.05) is 18.5 Å². The van der Waals surface area contributed by atoms with Crippen LogP contribution in [0.2, 0.25) is 0 Å². The molecule has 0 radical (unpaired) electrons. The zero-order valence-electron chi connectivity index (χ0n) is 10.8. The predicted octanol–water partition coefficient (Wildman–Crippen LogP) is 3.96. The van der Waals surface area contributed by atoms with E-state index in [9.17, 15) is 9.59 Å². The molecule has 1 atom stereocenters. The molecule has 19 heavy (non-hydrogen) atoms. The molecule has 0 aliphatic carbocycles. The highest BCUT2D eigenvalue weighted by Gasteiger charge is 2.32. The lowest BCUT2D eigenvalue weighted by atomic mass is 9.95. The predicted molar refractivity (Wildman–Crippen MR) is 83.6 cm³/mol. The van der Waals surface area contributed by atoms with Gasteiger partial charge in [-0.15, -0.1) is 11.3 Å². The number of Topliss-reactive ketones (excluding diaryl/α,β-unsaturated/α-hetero) is 1. The van der Waals surface area contributed by atoms with Gasteiger partial charge in [0.15, 0.2) is 5.78 Å². The van der Waals surface area contributed by atoms with Gasteiger partial charge in [-0.3, -0.25) is 9.59 Å². The summed E-state index contributed by atoms with van der Waals surface area (Å²) in [5, 5.41) is 0. The van der Waals surface area contributed by atoms with Crippen LogP contribution in [0.5, 0.6) is 0 Å². The molecule has 0 bridgehead atoms. The molecule has 0 aromatic carbocycles. The number of thiophene rings is 1. The monoisotopic (exact) mass is 407 g/mol. The van der Waals surface area contributed by atoms with Crippen LogP contribution in [-0.2, 0) is 4.79 Å². The molecule has 3 nitrogen and oxygen atoms in total. The first kappa shape index (κ1) is 15.2. The van der Waals surface area contributed by atoms with Gasteiger partial charge < -0.3 is 4.90 Å². The smallest absolute Gasteiger partial charge is 0.223 e. The molecule has 1 aromatic rings. The van der Waals surface area contributed by atoms with Crippen LogP contribution < -0.4 is 0 Å². The molecule has 2 rings (SSSR count). The maximum absolute atomic E-state index is 12.2. The SMILES string of the molecule is CC(C)C1CC(=O)N(CC(=O)c2cc(Br)sc2Br)C1. The van der Waals surface area contributed by atoms with Crippen molar-refractivity contribution in [1.82, 2.24) is 4.90 Å². The second kappa shape index (κ2) is 6.06. The Balaban J connectivity index is 2.04. The third-order valence-electron chi connectivity index (χ3n) is 3.48. The third-order valence-corrected chi connectivity index (χ3v) is 5.82. The maximum Gasteiger partial charge on any atom is 0.223 e. The van der Waals surface area contributed by atoms with Gasteiger partial charge in [0.25, 0.3) is 0 Å². The Kier molecular flexibility index (Phi) is 4.84. The molecule has 6 heteroatoms. The Hall–Kier alpha value is -0.200. The van der Waals surface area contributed by atoms with Crippen LogP contribution >= 0.6 is 43.2 Å². The molecule has 0 saturated carbocycles. The van der Waals surface area contributed by atoms with Crippen molar-refractivity contribution < 1.29 is 9.59 Å². The van der Waals surface area contributed by atoms with Gasteiger partial charge in [-0.2, -0.15) is 0 Å². The lowest BCUT2D eigenvalue weighted by Gasteiger charge is -2.17. The first-order valence-corrected chi connectivity index (χ1v) is 8.54. The van der Waals surface area contributed by atoms with Crippen molar-refractivity contribution in [3.8, 4) is 0 Å². The quantitative estimate of drug-likeness (QED) is 0.707. The number of likely N-dealkylation sites (tertiary alicyclic amines) is 1. The summed E-state index contributed by atoms with van der Waals surface area (Å²) in [7, 11) is 0. The summed E-state index contributed by atoms with van der Waals surface area (Å²) in [5.74, 6) is 0.938. The number of nitrogens with zero attached hydrogens (tertiary/aromatic N) is 1. The average Bonchev–Trinajstić information content (AvgIpc) is 2.83. The van der Waals surface area contributed by atoms with Crippen molar-refractivity contribution in [2.24, 2.45) is 11.8 Å². The number of rotatable bonds is 4. The van der Waals surface area contributed by atoms with Gasteiger partial charge in [0.05, 0.1) is 14.1 Å². The van der Waals surface area contributed by atoms with E-state index in [0.717, 1.165) is 7.57 Å². The fourth-order valence-corrected chi connectivity index (χ4v) is 5.05. The van der Waals surface area contributed by atoms with Crippen LogP contribution in [0.15, 0.2) is 13.6 Å². The lowest BCUT2D eigenvalue weighted by Crippen LogP contribution is -2.31. The van der Waals surface area contributed by atoms with Crippen LogP contribution in [0.3, 0.4) is 0 Å². The highest BCUT2D eigenvalue weighted by molar-refractivity contribution is 9.12. The molecular weight excluding hydrogens is 394 g/mol. The van der Waals surface area contributed by atoms with Crippen LogP contribution in [0.25, 0.3) is 0 Å². The Bertz CT molecular complexity index is 513. The normalized spacial score (nSPS) is 19.5.